The summed E-state index contributed by atoms with van der Waals surface area (Å²) in [5.41, 5.74) is 0. The van der Waals surface area contributed by atoms with Gasteiger partial charge in [0.1, 0.15) is 0 Å². The van der Waals surface area contributed by atoms with Crippen LogP contribution in [-0.4, -0.2) is 12.6 Å². The largest absolute Gasteiger partial charge is 0.313 e. The molecule has 0 aliphatic heterocycles. The molecule has 0 radical (unpaired) electrons. The van der Waals surface area contributed by atoms with E-state index in [0.717, 1.165) is 18.5 Å². The highest BCUT2D eigenvalue weighted by atomic mass is 32.1. The van der Waals surface area contributed by atoms with Crippen LogP contribution in [0.15, 0.2) is 17.5 Å². The van der Waals surface area contributed by atoms with Gasteiger partial charge in [-0.2, -0.15) is 0 Å². The Morgan fingerprint density at radius 1 is 1.50 bits per heavy atom. The summed E-state index contributed by atoms with van der Waals surface area (Å²) in [4.78, 5) is 1.50. The second kappa shape index (κ2) is 4.94. The first kappa shape index (κ1) is 10.2. The van der Waals surface area contributed by atoms with Gasteiger partial charge in [-0.1, -0.05) is 19.4 Å². The topological polar surface area (TPSA) is 12.0 Å². The fourth-order valence-corrected chi connectivity index (χ4v) is 2.99. The first-order chi connectivity index (χ1) is 6.86. The van der Waals surface area contributed by atoms with Crippen molar-refractivity contribution in [3.05, 3.63) is 22.4 Å². The van der Waals surface area contributed by atoms with Gasteiger partial charge in [0, 0.05) is 17.5 Å². The first-order valence-electron chi connectivity index (χ1n) is 5.62. The van der Waals surface area contributed by atoms with Crippen molar-refractivity contribution in [2.24, 2.45) is 5.92 Å². The van der Waals surface area contributed by atoms with E-state index in [1.807, 2.05) is 11.3 Å². The van der Waals surface area contributed by atoms with Crippen molar-refractivity contribution in [3.8, 4) is 0 Å². The SMILES string of the molecule is C[C@@H]1CCC[C@H]1NCCc1cccs1. The molecule has 0 saturated heterocycles. The number of hydrogen-bond donors (Lipinski definition) is 1. The molecule has 2 atom stereocenters. The summed E-state index contributed by atoms with van der Waals surface area (Å²) in [5.74, 6) is 0.887. The van der Waals surface area contributed by atoms with E-state index in [1.54, 1.807) is 0 Å². The molecule has 0 aromatic carbocycles. The zero-order valence-corrected chi connectivity index (χ0v) is 9.65. The van der Waals surface area contributed by atoms with Gasteiger partial charge in [0.15, 0.2) is 0 Å². The maximum absolute atomic E-state index is 3.68. The molecule has 2 heteroatoms. The average molecular weight is 209 g/mol. The van der Waals surface area contributed by atoms with Crippen LogP contribution in [0.4, 0.5) is 0 Å². The Labute approximate surface area is 90.5 Å². The van der Waals surface area contributed by atoms with E-state index >= 15 is 0 Å². The maximum Gasteiger partial charge on any atom is 0.00928 e. The smallest absolute Gasteiger partial charge is 0.00928 e. The van der Waals surface area contributed by atoms with Gasteiger partial charge < -0.3 is 5.32 Å². The highest BCUT2D eigenvalue weighted by Crippen LogP contribution is 2.24. The van der Waals surface area contributed by atoms with Crippen LogP contribution in [0, 0.1) is 5.92 Å². The summed E-state index contributed by atoms with van der Waals surface area (Å²) in [6.45, 7) is 3.52. The predicted octanol–water partition coefficient (Wildman–Crippen LogP) is 3.07. The van der Waals surface area contributed by atoms with Gasteiger partial charge >= 0.3 is 0 Å². The second-order valence-corrected chi connectivity index (χ2v) is 5.33. The zero-order valence-electron chi connectivity index (χ0n) is 8.83. The molecule has 1 aliphatic rings. The molecule has 1 aliphatic carbocycles. The van der Waals surface area contributed by atoms with E-state index in [2.05, 4.69) is 29.8 Å². The van der Waals surface area contributed by atoms with E-state index < -0.39 is 0 Å². The Bertz CT molecular complexity index is 255. The standard InChI is InChI=1S/C12H19NS/c1-10-4-2-6-12(10)13-8-7-11-5-3-9-14-11/h3,5,9-10,12-13H,2,4,6-8H2,1H3/t10-,12-/m1/s1. The van der Waals surface area contributed by atoms with Crippen LogP contribution in [0.2, 0.25) is 0 Å². The van der Waals surface area contributed by atoms with Gasteiger partial charge in [-0.15, -0.1) is 11.3 Å². The van der Waals surface area contributed by atoms with Crippen molar-refractivity contribution in [2.75, 3.05) is 6.54 Å². The summed E-state index contributed by atoms with van der Waals surface area (Å²) < 4.78 is 0. The van der Waals surface area contributed by atoms with Crippen molar-refractivity contribution in [2.45, 2.75) is 38.6 Å². The van der Waals surface area contributed by atoms with Crippen molar-refractivity contribution in [3.63, 3.8) is 0 Å². The minimum absolute atomic E-state index is 0.787. The lowest BCUT2D eigenvalue weighted by Crippen LogP contribution is -2.32. The molecule has 78 valence electrons. The van der Waals surface area contributed by atoms with Gasteiger partial charge in [-0.3, -0.25) is 0 Å². The highest BCUT2D eigenvalue weighted by molar-refractivity contribution is 7.09. The number of hydrogen-bond acceptors (Lipinski definition) is 2. The summed E-state index contributed by atoms with van der Waals surface area (Å²) >= 11 is 1.87. The fraction of sp³-hybridized carbons (Fsp3) is 0.667. The van der Waals surface area contributed by atoms with Crippen LogP contribution in [0.1, 0.15) is 31.1 Å². The predicted molar refractivity (Wildman–Crippen MR) is 62.8 cm³/mol. The van der Waals surface area contributed by atoms with Crippen LogP contribution in [-0.2, 0) is 6.42 Å². The summed E-state index contributed by atoms with van der Waals surface area (Å²) in [5, 5.41) is 5.84. The average Bonchev–Trinajstić information content (AvgIpc) is 2.78. The molecule has 0 bridgehead atoms. The molecule has 0 unspecified atom stereocenters. The lowest BCUT2D eigenvalue weighted by Gasteiger charge is -2.16. The van der Waals surface area contributed by atoms with Crippen LogP contribution in [0.5, 0.6) is 0 Å². The molecule has 0 amide bonds. The van der Waals surface area contributed by atoms with Crippen LogP contribution in [0.3, 0.4) is 0 Å². The first-order valence-corrected chi connectivity index (χ1v) is 6.50. The molecule has 0 spiro atoms. The molecular weight excluding hydrogens is 190 g/mol. The molecule has 14 heavy (non-hydrogen) atoms. The Balaban J connectivity index is 1.68. The van der Waals surface area contributed by atoms with Gasteiger partial charge in [0.25, 0.3) is 0 Å². The van der Waals surface area contributed by atoms with Crippen LogP contribution >= 0.6 is 11.3 Å². The monoisotopic (exact) mass is 209 g/mol. The molecule has 2 rings (SSSR count). The van der Waals surface area contributed by atoms with Crippen LogP contribution < -0.4 is 5.32 Å². The molecule has 1 aromatic heterocycles. The van der Waals surface area contributed by atoms with E-state index in [9.17, 15) is 0 Å². The lowest BCUT2D eigenvalue weighted by molar-refractivity contribution is 0.430. The van der Waals surface area contributed by atoms with E-state index in [0.29, 0.717) is 0 Å². The summed E-state index contributed by atoms with van der Waals surface area (Å²) in [7, 11) is 0. The molecular formula is C12H19NS. The number of rotatable bonds is 4. The Hall–Kier alpha value is -0.340. The van der Waals surface area contributed by atoms with E-state index in [-0.39, 0.29) is 0 Å². The van der Waals surface area contributed by atoms with Crippen LogP contribution in [0.25, 0.3) is 0 Å². The van der Waals surface area contributed by atoms with Gasteiger partial charge in [0.2, 0.25) is 0 Å². The Morgan fingerprint density at radius 2 is 2.43 bits per heavy atom. The minimum Gasteiger partial charge on any atom is -0.313 e. The van der Waals surface area contributed by atoms with Crippen molar-refractivity contribution in [1.29, 1.82) is 0 Å². The van der Waals surface area contributed by atoms with E-state index in [1.165, 1.54) is 30.6 Å². The fourth-order valence-electron chi connectivity index (χ4n) is 2.28. The third kappa shape index (κ3) is 2.58. The van der Waals surface area contributed by atoms with Crippen molar-refractivity contribution < 1.29 is 0 Å². The van der Waals surface area contributed by atoms with Crippen molar-refractivity contribution >= 4 is 11.3 Å². The number of thiophene rings is 1. The quantitative estimate of drug-likeness (QED) is 0.803. The van der Waals surface area contributed by atoms with Gasteiger partial charge in [0.05, 0.1) is 0 Å². The molecule has 1 nitrogen and oxygen atoms in total. The summed E-state index contributed by atoms with van der Waals surface area (Å²) in [6.07, 6.45) is 5.40. The lowest BCUT2D eigenvalue weighted by atomic mass is 10.1. The molecule has 1 N–H and O–H groups in total. The Morgan fingerprint density at radius 3 is 3.07 bits per heavy atom. The summed E-state index contributed by atoms with van der Waals surface area (Å²) in [6, 6.07) is 5.15. The molecule has 1 fully saturated rings. The third-order valence-corrected chi connectivity index (χ3v) is 4.16. The highest BCUT2D eigenvalue weighted by Gasteiger charge is 2.21. The second-order valence-electron chi connectivity index (χ2n) is 4.30. The van der Waals surface area contributed by atoms with Crippen molar-refractivity contribution in [1.82, 2.24) is 5.32 Å². The maximum atomic E-state index is 3.68. The molecule has 1 saturated carbocycles. The van der Waals surface area contributed by atoms with Gasteiger partial charge in [-0.25, -0.2) is 0 Å². The number of nitrogens with one attached hydrogen (secondary N) is 1. The van der Waals surface area contributed by atoms with Gasteiger partial charge in [-0.05, 0) is 36.6 Å². The molecule has 1 aromatic rings. The Kier molecular flexibility index (Phi) is 3.60. The van der Waals surface area contributed by atoms with E-state index in [4.69, 9.17) is 0 Å². The molecule has 1 heterocycles. The minimum atomic E-state index is 0.787. The third-order valence-electron chi connectivity index (χ3n) is 3.22. The normalized spacial score (nSPS) is 26.9. The zero-order chi connectivity index (χ0) is 9.80.